The molecule has 1 aromatic carbocycles. The number of aromatic nitrogens is 2. The minimum Gasteiger partial charge on any atom is -0.352 e. The Morgan fingerprint density at radius 3 is 2.64 bits per heavy atom. The van der Waals surface area contributed by atoms with E-state index in [-0.39, 0.29) is 18.5 Å². The fraction of sp³-hybridized carbons (Fsp3) is 0.370. The van der Waals surface area contributed by atoms with Gasteiger partial charge in [-0.1, -0.05) is 48.7 Å². The van der Waals surface area contributed by atoms with Crippen molar-refractivity contribution in [1.29, 1.82) is 0 Å². The van der Waals surface area contributed by atoms with Crippen LogP contribution in [0.5, 0.6) is 0 Å². The summed E-state index contributed by atoms with van der Waals surface area (Å²) in [5, 5.41) is 2.46. The van der Waals surface area contributed by atoms with Crippen molar-refractivity contribution in [2.45, 2.75) is 51.6 Å². The number of carbonyl (C=O) groups is 3. The number of benzene rings is 1. The Morgan fingerprint density at radius 1 is 1.03 bits per heavy atom. The average Bonchev–Trinajstić information content (AvgIpc) is 3.14. The largest absolute Gasteiger partial charge is 0.352 e. The molecular formula is C27H27N5O4. The van der Waals surface area contributed by atoms with E-state index in [0.717, 1.165) is 35.3 Å². The molecular weight excluding hydrogens is 458 g/mol. The number of urea groups is 1. The first kappa shape index (κ1) is 22.5. The Balaban J connectivity index is 1.51. The van der Waals surface area contributed by atoms with E-state index < -0.39 is 29.3 Å². The lowest BCUT2D eigenvalue weighted by atomic mass is 9.68. The number of hydrogen-bond acceptors (Lipinski definition) is 6. The summed E-state index contributed by atoms with van der Waals surface area (Å²) in [5.74, 6) is -0.624. The molecule has 6 rings (SSSR count). The maximum absolute atomic E-state index is 14.2. The molecule has 0 saturated carbocycles. The van der Waals surface area contributed by atoms with E-state index in [2.05, 4.69) is 5.32 Å². The molecule has 2 atom stereocenters. The van der Waals surface area contributed by atoms with E-state index >= 15 is 0 Å². The van der Waals surface area contributed by atoms with E-state index in [4.69, 9.17) is 4.98 Å². The number of amides is 4. The van der Waals surface area contributed by atoms with E-state index in [9.17, 15) is 19.2 Å². The topological polar surface area (TPSA) is 104 Å². The number of imide groups is 2. The molecule has 3 aliphatic rings. The predicted octanol–water partition coefficient (Wildman–Crippen LogP) is 2.57. The van der Waals surface area contributed by atoms with Crippen molar-refractivity contribution < 1.29 is 14.4 Å². The zero-order valence-corrected chi connectivity index (χ0v) is 20.1. The van der Waals surface area contributed by atoms with Crippen LogP contribution in [0.3, 0.4) is 0 Å². The summed E-state index contributed by atoms with van der Waals surface area (Å²) in [4.78, 5) is 62.3. The van der Waals surface area contributed by atoms with Gasteiger partial charge in [0.25, 0.3) is 5.56 Å². The second-order valence-electron chi connectivity index (χ2n) is 9.99. The lowest BCUT2D eigenvalue weighted by molar-refractivity contribution is -0.154. The van der Waals surface area contributed by atoms with Gasteiger partial charge in [-0.3, -0.25) is 29.0 Å². The lowest BCUT2D eigenvalue weighted by Gasteiger charge is -2.50. The Hall–Kier alpha value is -4.01. The summed E-state index contributed by atoms with van der Waals surface area (Å²) in [6.45, 7) is 2.60. The van der Waals surface area contributed by atoms with Gasteiger partial charge in [0.05, 0.1) is 18.2 Å². The number of pyridine rings is 1. The van der Waals surface area contributed by atoms with Crippen molar-refractivity contribution in [3.8, 4) is 0 Å². The van der Waals surface area contributed by atoms with Gasteiger partial charge in [-0.2, -0.15) is 0 Å². The van der Waals surface area contributed by atoms with Gasteiger partial charge in [-0.05, 0) is 37.5 Å². The van der Waals surface area contributed by atoms with E-state index in [1.165, 1.54) is 4.40 Å². The fourth-order valence-electron chi connectivity index (χ4n) is 5.95. The Kier molecular flexibility index (Phi) is 5.17. The third-order valence-electron chi connectivity index (χ3n) is 7.81. The highest BCUT2D eigenvalue weighted by Crippen LogP contribution is 2.45. The molecule has 2 aromatic heterocycles. The summed E-state index contributed by atoms with van der Waals surface area (Å²) in [7, 11) is 0. The Morgan fingerprint density at radius 2 is 1.83 bits per heavy atom. The van der Waals surface area contributed by atoms with Crippen LogP contribution >= 0.6 is 0 Å². The standard InChI is InChI=1S/C27H27N5O4/c1-17-9-11-18(12-10-17)16-32-25(35)27(24(34)29-26(32)36)15-19-22(30-13-5-2-3-7-20(27)30)28-21-8-4-6-14-31(21)23(19)33/h4,6,8-12,14,20H,2-3,5,7,13,15-16H2,1H3,(H,29,34,36)/t20-,27-/m1/s1. The fourth-order valence-corrected chi connectivity index (χ4v) is 5.95. The van der Waals surface area contributed by atoms with Gasteiger partial charge in [0, 0.05) is 19.2 Å². The highest BCUT2D eigenvalue weighted by atomic mass is 16.2. The van der Waals surface area contributed by atoms with Crippen molar-refractivity contribution >= 4 is 29.3 Å². The van der Waals surface area contributed by atoms with Crippen molar-refractivity contribution in [2.75, 3.05) is 11.4 Å². The van der Waals surface area contributed by atoms with Gasteiger partial charge in [0.2, 0.25) is 11.8 Å². The van der Waals surface area contributed by atoms with Crippen LogP contribution in [-0.4, -0.2) is 44.7 Å². The highest BCUT2D eigenvalue weighted by molar-refractivity contribution is 6.20. The van der Waals surface area contributed by atoms with Crippen LogP contribution in [0.4, 0.5) is 10.6 Å². The van der Waals surface area contributed by atoms with Gasteiger partial charge >= 0.3 is 6.03 Å². The van der Waals surface area contributed by atoms with E-state index in [1.54, 1.807) is 18.3 Å². The minimum atomic E-state index is -1.58. The number of anilines is 1. The van der Waals surface area contributed by atoms with Crippen LogP contribution in [0.1, 0.15) is 42.4 Å². The van der Waals surface area contributed by atoms with Gasteiger partial charge in [0.1, 0.15) is 11.5 Å². The molecule has 0 bridgehead atoms. The Labute approximate surface area is 207 Å². The molecule has 1 N–H and O–H groups in total. The summed E-state index contributed by atoms with van der Waals surface area (Å²) in [6.07, 6.45) is 4.81. The van der Waals surface area contributed by atoms with Crippen LogP contribution in [0.2, 0.25) is 0 Å². The van der Waals surface area contributed by atoms with Crippen LogP contribution in [0.25, 0.3) is 5.65 Å². The Bertz CT molecular complexity index is 1460. The maximum Gasteiger partial charge on any atom is 0.331 e. The molecule has 2 fully saturated rings. The molecule has 9 nitrogen and oxygen atoms in total. The van der Waals surface area contributed by atoms with Crippen molar-refractivity contribution in [2.24, 2.45) is 5.41 Å². The number of hydrogen-bond donors (Lipinski definition) is 1. The van der Waals surface area contributed by atoms with Crippen LogP contribution < -0.4 is 15.8 Å². The lowest BCUT2D eigenvalue weighted by Crippen LogP contribution is -2.72. The second-order valence-corrected chi connectivity index (χ2v) is 9.99. The molecule has 2 saturated heterocycles. The third kappa shape index (κ3) is 3.26. The molecule has 0 aliphatic carbocycles. The smallest absolute Gasteiger partial charge is 0.331 e. The number of rotatable bonds is 2. The second kappa shape index (κ2) is 8.29. The van der Waals surface area contributed by atoms with Gasteiger partial charge in [-0.15, -0.1) is 0 Å². The molecule has 9 heteroatoms. The van der Waals surface area contributed by atoms with Crippen molar-refractivity contribution in [3.05, 3.63) is 75.7 Å². The first-order valence-electron chi connectivity index (χ1n) is 12.4. The monoisotopic (exact) mass is 485 g/mol. The maximum atomic E-state index is 14.2. The normalized spacial score (nSPS) is 23.9. The molecule has 184 valence electrons. The number of carbonyl (C=O) groups excluding carboxylic acids is 3. The summed E-state index contributed by atoms with van der Waals surface area (Å²) in [5.41, 5.74) is 0.842. The highest BCUT2D eigenvalue weighted by Gasteiger charge is 2.62. The number of barbiturate groups is 1. The molecule has 3 aliphatic heterocycles. The number of aryl methyl sites for hydroxylation is 1. The predicted molar refractivity (Wildman–Crippen MR) is 132 cm³/mol. The third-order valence-corrected chi connectivity index (χ3v) is 7.81. The summed E-state index contributed by atoms with van der Waals surface area (Å²) < 4.78 is 1.45. The van der Waals surface area contributed by atoms with Gasteiger partial charge in [-0.25, -0.2) is 9.78 Å². The van der Waals surface area contributed by atoms with Crippen molar-refractivity contribution in [3.63, 3.8) is 0 Å². The molecule has 1 spiro atoms. The minimum absolute atomic E-state index is 0.0501. The zero-order valence-electron chi connectivity index (χ0n) is 20.1. The average molecular weight is 486 g/mol. The van der Waals surface area contributed by atoms with Crippen molar-refractivity contribution in [1.82, 2.24) is 19.6 Å². The SMILES string of the molecule is Cc1ccc(CN2C(=O)NC(=O)[C@]3(Cc4c(nc5ccccn5c4=O)N4CCCCC[C@@H]43)C2=O)cc1. The van der Waals surface area contributed by atoms with Crippen LogP contribution in [-0.2, 0) is 22.6 Å². The van der Waals surface area contributed by atoms with Crippen LogP contribution in [0.15, 0.2) is 53.5 Å². The van der Waals surface area contributed by atoms with Gasteiger partial charge < -0.3 is 4.90 Å². The summed E-state index contributed by atoms with van der Waals surface area (Å²) >= 11 is 0. The quantitative estimate of drug-likeness (QED) is 0.560. The van der Waals surface area contributed by atoms with E-state index in [1.807, 2.05) is 42.2 Å². The first-order valence-corrected chi connectivity index (χ1v) is 12.4. The zero-order chi connectivity index (χ0) is 25.0. The van der Waals surface area contributed by atoms with E-state index in [0.29, 0.717) is 30.0 Å². The molecule has 0 unspecified atom stereocenters. The molecule has 0 radical (unpaired) electrons. The first-order chi connectivity index (χ1) is 17.4. The van der Waals surface area contributed by atoms with Crippen LogP contribution in [0, 0.1) is 12.3 Å². The molecule has 4 amide bonds. The molecule has 36 heavy (non-hydrogen) atoms. The number of fused-ring (bicyclic) bond motifs is 5. The van der Waals surface area contributed by atoms with Gasteiger partial charge in [0.15, 0.2) is 5.41 Å². The number of nitrogens with one attached hydrogen (secondary N) is 1. The molecule has 3 aromatic rings. The number of nitrogens with zero attached hydrogens (tertiary/aromatic N) is 4. The molecule has 5 heterocycles. The summed E-state index contributed by atoms with van der Waals surface area (Å²) in [6, 6.07) is 11.7.